The fraction of sp³-hybridized carbons (Fsp3) is 0.0968. The molecule has 0 saturated heterocycles. The van der Waals surface area contributed by atoms with Crippen molar-refractivity contribution in [2.24, 2.45) is 0 Å². The highest BCUT2D eigenvalue weighted by Crippen LogP contribution is 2.41. The second-order valence-electron chi connectivity index (χ2n) is 9.18. The molecule has 0 aromatic heterocycles. The Morgan fingerprint density at radius 3 is 1.43 bits per heavy atom. The highest BCUT2D eigenvalue weighted by atomic mass is 32.2. The van der Waals surface area contributed by atoms with E-state index < -0.39 is 20.0 Å². The van der Waals surface area contributed by atoms with Gasteiger partial charge < -0.3 is 14.2 Å². The van der Waals surface area contributed by atoms with Gasteiger partial charge in [0.2, 0.25) is 0 Å². The maximum atomic E-state index is 13.6. The number of hydrogen-bond donors (Lipinski definition) is 2. The molecule has 0 fully saturated rings. The highest BCUT2D eigenvalue weighted by Gasteiger charge is 2.23. The molecule has 2 N–H and O–H groups in total. The molecule has 0 amide bonds. The molecule has 0 aliphatic heterocycles. The minimum Gasteiger partial charge on any atom is -0.497 e. The molecule has 5 rings (SSSR count). The summed E-state index contributed by atoms with van der Waals surface area (Å²) >= 11 is 0. The van der Waals surface area contributed by atoms with E-state index in [4.69, 9.17) is 14.2 Å². The first-order chi connectivity index (χ1) is 20.1. The Hall–Kier alpha value is -4.74. The summed E-state index contributed by atoms with van der Waals surface area (Å²) in [5.74, 6) is 1.65. The fourth-order valence-corrected chi connectivity index (χ4v) is 6.65. The Kier molecular flexibility index (Phi) is 7.97. The number of fused-ring (bicyclic) bond motifs is 1. The van der Waals surface area contributed by atoms with E-state index in [1.807, 2.05) is 0 Å². The van der Waals surface area contributed by atoms with Crippen molar-refractivity contribution >= 4 is 42.2 Å². The zero-order chi connectivity index (χ0) is 29.9. The Balaban J connectivity index is 1.68. The predicted molar refractivity (Wildman–Crippen MR) is 164 cm³/mol. The smallest absolute Gasteiger partial charge is 0.261 e. The first kappa shape index (κ1) is 28.8. The summed E-state index contributed by atoms with van der Waals surface area (Å²) in [6, 6.07) is 27.7. The average molecular weight is 605 g/mol. The lowest BCUT2D eigenvalue weighted by atomic mass is 9.97. The van der Waals surface area contributed by atoms with Crippen LogP contribution in [0.15, 0.2) is 113 Å². The molecule has 5 aromatic carbocycles. The molecule has 11 heteroatoms. The average Bonchev–Trinajstić information content (AvgIpc) is 3.02. The normalized spacial score (nSPS) is 11.6. The molecular weight excluding hydrogens is 576 g/mol. The van der Waals surface area contributed by atoms with Gasteiger partial charge in [-0.25, -0.2) is 16.8 Å². The Morgan fingerprint density at radius 2 is 0.952 bits per heavy atom. The molecule has 0 unspecified atom stereocenters. The highest BCUT2D eigenvalue weighted by molar-refractivity contribution is 7.93. The molecule has 216 valence electrons. The second-order valence-corrected chi connectivity index (χ2v) is 12.5. The van der Waals surface area contributed by atoms with Crippen LogP contribution in [-0.4, -0.2) is 38.2 Å². The molecule has 9 nitrogen and oxygen atoms in total. The molecule has 0 aliphatic rings. The predicted octanol–water partition coefficient (Wildman–Crippen LogP) is 6.13. The molecule has 0 heterocycles. The van der Waals surface area contributed by atoms with E-state index in [9.17, 15) is 16.8 Å². The third kappa shape index (κ3) is 5.83. The van der Waals surface area contributed by atoms with Gasteiger partial charge in [0.15, 0.2) is 0 Å². The van der Waals surface area contributed by atoms with E-state index >= 15 is 0 Å². The maximum absolute atomic E-state index is 13.6. The number of anilines is 2. The van der Waals surface area contributed by atoms with Gasteiger partial charge >= 0.3 is 0 Å². The van der Waals surface area contributed by atoms with Crippen LogP contribution in [0.25, 0.3) is 21.9 Å². The van der Waals surface area contributed by atoms with Crippen LogP contribution in [0.5, 0.6) is 17.2 Å². The van der Waals surface area contributed by atoms with Crippen molar-refractivity contribution in [3.8, 4) is 28.4 Å². The largest absolute Gasteiger partial charge is 0.497 e. The third-order valence-corrected chi connectivity index (χ3v) is 9.41. The van der Waals surface area contributed by atoms with Crippen molar-refractivity contribution < 1.29 is 31.0 Å². The Morgan fingerprint density at radius 1 is 0.524 bits per heavy atom. The lowest BCUT2D eigenvalue weighted by molar-refractivity contribution is 0.414. The van der Waals surface area contributed by atoms with Crippen LogP contribution in [0.3, 0.4) is 0 Å². The Bertz CT molecular complexity index is 1940. The molecule has 0 aliphatic carbocycles. The number of sulfonamides is 2. The quantitative estimate of drug-likeness (QED) is 0.197. The van der Waals surface area contributed by atoms with E-state index in [0.717, 1.165) is 0 Å². The summed E-state index contributed by atoms with van der Waals surface area (Å²) in [4.78, 5) is 0.0833. The Labute approximate surface area is 244 Å². The minimum atomic E-state index is -4.05. The van der Waals surface area contributed by atoms with Gasteiger partial charge in [-0.15, -0.1) is 0 Å². The third-order valence-electron chi connectivity index (χ3n) is 6.67. The summed E-state index contributed by atoms with van der Waals surface area (Å²) in [7, 11) is -3.52. The number of rotatable bonds is 10. The summed E-state index contributed by atoms with van der Waals surface area (Å²) < 4.78 is 75.1. The molecule has 0 radical (unpaired) electrons. The first-order valence-electron chi connectivity index (χ1n) is 12.7. The monoisotopic (exact) mass is 604 g/mol. The lowest BCUT2D eigenvalue weighted by Gasteiger charge is -2.20. The van der Waals surface area contributed by atoms with Gasteiger partial charge in [0.1, 0.15) is 17.2 Å². The van der Waals surface area contributed by atoms with Gasteiger partial charge in [0.05, 0.1) is 42.5 Å². The van der Waals surface area contributed by atoms with Crippen molar-refractivity contribution in [2.75, 3.05) is 30.8 Å². The zero-order valence-corrected chi connectivity index (χ0v) is 24.6. The molecule has 0 saturated carbocycles. The topological polar surface area (TPSA) is 120 Å². The van der Waals surface area contributed by atoms with Crippen LogP contribution < -0.4 is 23.7 Å². The van der Waals surface area contributed by atoms with Crippen LogP contribution in [0, 0.1) is 0 Å². The van der Waals surface area contributed by atoms with E-state index in [2.05, 4.69) is 9.44 Å². The summed E-state index contributed by atoms with van der Waals surface area (Å²) in [6.07, 6.45) is 0. The summed E-state index contributed by atoms with van der Waals surface area (Å²) in [6.45, 7) is 0. The number of ether oxygens (including phenoxy) is 3. The minimum absolute atomic E-state index is 0.0392. The number of methoxy groups -OCH3 is 3. The standard InChI is InChI=1S/C31H28N2O7S2/c1-38-22-10-8-21(9-11-22)29-20-30(32-41(34,35)25-16-12-23(39-2)13-17-25)27-6-4-5-7-28(27)31(29)33-42(36,37)26-18-14-24(40-3)15-19-26/h4-20,32-33H,1-3H3. The van der Waals surface area contributed by atoms with Crippen molar-refractivity contribution in [3.05, 3.63) is 103 Å². The van der Waals surface area contributed by atoms with E-state index in [-0.39, 0.29) is 15.5 Å². The van der Waals surface area contributed by atoms with Gasteiger partial charge in [0, 0.05) is 16.3 Å². The number of nitrogens with one attached hydrogen (secondary N) is 2. The van der Waals surface area contributed by atoms with Crippen molar-refractivity contribution in [1.82, 2.24) is 0 Å². The lowest BCUT2D eigenvalue weighted by Crippen LogP contribution is -2.16. The molecule has 0 spiro atoms. The first-order valence-corrected chi connectivity index (χ1v) is 15.7. The second kappa shape index (κ2) is 11.6. The molecule has 42 heavy (non-hydrogen) atoms. The van der Waals surface area contributed by atoms with Gasteiger partial charge in [0.25, 0.3) is 20.0 Å². The van der Waals surface area contributed by atoms with E-state index in [1.165, 1.54) is 38.5 Å². The zero-order valence-electron chi connectivity index (χ0n) is 23.0. The molecule has 0 atom stereocenters. The van der Waals surface area contributed by atoms with Gasteiger partial charge in [-0.2, -0.15) is 0 Å². The van der Waals surface area contributed by atoms with Gasteiger partial charge in [-0.3, -0.25) is 9.44 Å². The van der Waals surface area contributed by atoms with Crippen LogP contribution >= 0.6 is 0 Å². The van der Waals surface area contributed by atoms with Crippen molar-refractivity contribution in [3.63, 3.8) is 0 Å². The molecule has 5 aromatic rings. The van der Waals surface area contributed by atoms with Crippen LogP contribution in [0.1, 0.15) is 0 Å². The van der Waals surface area contributed by atoms with Crippen molar-refractivity contribution in [1.29, 1.82) is 0 Å². The number of benzene rings is 5. The van der Waals surface area contributed by atoms with E-state index in [1.54, 1.807) is 86.0 Å². The molecule has 0 bridgehead atoms. The SMILES string of the molecule is COc1ccc(-c2cc(NS(=O)(=O)c3ccc(OC)cc3)c3ccccc3c2NS(=O)(=O)c2ccc(OC)cc2)cc1. The number of hydrogen-bond acceptors (Lipinski definition) is 7. The summed E-state index contributed by atoms with van der Waals surface area (Å²) in [5.41, 5.74) is 1.67. The fourth-order valence-electron chi connectivity index (χ4n) is 4.47. The summed E-state index contributed by atoms with van der Waals surface area (Å²) in [5, 5.41) is 0.995. The van der Waals surface area contributed by atoms with Crippen LogP contribution in [-0.2, 0) is 20.0 Å². The van der Waals surface area contributed by atoms with Gasteiger partial charge in [-0.05, 0) is 72.3 Å². The van der Waals surface area contributed by atoms with Crippen LogP contribution in [0.2, 0.25) is 0 Å². The van der Waals surface area contributed by atoms with Gasteiger partial charge in [-0.1, -0.05) is 36.4 Å². The van der Waals surface area contributed by atoms with Crippen molar-refractivity contribution in [2.45, 2.75) is 9.79 Å². The van der Waals surface area contributed by atoms with E-state index in [0.29, 0.717) is 44.8 Å². The molecular formula is C31H28N2O7S2. The maximum Gasteiger partial charge on any atom is 0.261 e. The van der Waals surface area contributed by atoms with Crippen LogP contribution in [0.4, 0.5) is 11.4 Å².